The summed E-state index contributed by atoms with van der Waals surface area (Å²) in [5.41, 5.74) is 2.05. The standard InChI is InChI=1S/C20H20F2N4O/c1-25(2)18-11-26(10-15(18)12-3-5-13(21)6-4-12)20(27)19-23-16-8-7-14(22)9-17(16)24-19/h3-9,15,18H,10-11H2,1-2H3,(H,23,24)/t15-,18+/m0/s1. The SMILES string of the molecule is CN(C)[C@@H]1CN(C(=O)c2nc3ccc(F)cc3[nH]2)C[C@H]1c1ccc(F)cc1. The van der Waals surface area contributed by atoms with Crippen molar-refractivity contribution in [2.75, 3.05) is 27.2 Å². The molecule has 4 rings (SSSR count). The van der Waals surface area contributed by atoms with E-state index in [1.807, 2.05) is 14.1 Å². The summed E-state index contributed by atoms with van der Waals surface area (Å²) in [5, 5.41) is 0. The number of likely N-dealkylation sites (N-methyl/N-ethyl adjacent to an activating group) is 1. The number of carbonyl (C=O) groups is 1. The van der Waals surface area contributed by atoms with Crippen molar-refractivity contribution in [3.63, 3.8) is 0 Å². The number of hydrogen-bond acceptors (Lipinski definition) is 3. The molecular formula is C20H20F2N4O. The van der Waals surface area contributed by atoms with Crippen LogP contribution in [0, 0.1) is 11.6 Å². The van der Waals surface area contributed by atoms with Gasteiger partial charge in [0.05, 0.1) is 11.0 Å². The van der Waals surface area contributed by atoms with E-state index >= 15 is 0 Å². The van der Waals surface area contributed by atoms with Gasteiger partial charge in [0.25, 0.3) is 5.91 Å². The smallest absolute Gasteiger partial charge is 0.289 e. The highest BCUT2D eigenvalue weighted by Gasteiger charge is 2.38. The van der Waals surface area contributed by atoms with Crippen molar-refractivity contribution >= 4 is 16.9 Å². The van der Waals surface area contributed by atoms with Crippen molar-refractivity contribution in [1.82, 2.24) is 19.8 Å². The first-order valence-electron chi connectivity index (χ1n) is 8.79. The number of nitrogens with one attached hydrogen (secondary N) is 1. The van der Waals surface area contributed by atoms with Crippen molar-refractivity contribution in [2.45, 2.75) is 12.0 Å². The molecule has 5 nitrogen and oxygen atoms in total. The van der Waals surface area contributed by atoms with Gasteiger partial charge >= 0.3 is 0 Å². The van der Waals surface area contributed by atoms with Crippen LogP contribution in [0.4, 0.5) is 8.78 Å². The van der Waals surface area contributed by atoms with E-state index in [4.69, 9.17) is 0 Å². The minimum atomic E-state index is -0.379. The minimum Gasteiger partial charge on any atom is -0.334 e. The summed E-state index contributed by atoms with van der Waals surface area (Å²) in [6, 6.07) is 10.7. The Hall–Kier alpha value is -2.80. The Kier molecular flexibility index (Phi) is 4.39. The third-order valence-electron chi connectivity index (χ3n) is 5.18. The highest BCUT2D eigenvalue weighted by molar-refractivity contribution is 5.94. The number of amides is 1. The maximum absolute atomic E-state index is 13.4. The number of aromatic nitrogens is 2. The second-order valence-corrected chi connectivity index (χ2v) is 7.15. The van der Waals surface area contributed by atoms with Gasteiger partial charge < -0.3 is 14.8 Å². The van der Waals surface area contributed by atoms with Crippen molar-refractivity contribution < 1.29 is 13.6 Å². The highest BCUT2D eigenvalue weighted by Crippen LogP contribution is 2.31. The van der Waals surface area contributed by atoms with Crippen LogP contribution < -0.4 is 0 Å². The molecule has 3 aromatic rings. The Bertz CT molecular complexity index is 983. The fourth-order valence-corrected chi connectivity index (χ4v) is 3.75. The van der Waals surface area contributed by atoms with Crippen molar-refractivity contribution in [2.24, 2.45) is 0 Å². The zero-order chi connectivity index (χ0) is 19.1. The van der Waals surface area contributed by atoms with E-state index < -0.39 is 0 Å². The van der Waals surface area contributed by atoms with Crippen LogP contribution in [0.2, 0.25) is 0 Å². The van der Waals surface area contributed by atoms with Gasteiger partial charge in [-0.25, -0.2) is 13.8 Å². The molecule has 1 aromatic heterocycles. The number of likely N-dealkylation sites (tertiary alicyclic amines) is 1. The summed E-state index contributed by atoms with van der Waals surface area (Å²) >= 11 is 0. The second-order valence-electron chi connectivity index (χ2n) is 7.15. The van der Waals surface area contributed by atoms with Gasteiger partial charge in [0, 0.05) is 25.0 Å². The molecule has 0 saturated carbocycles. The Morgan fingerprint density at radius 1 is 1.11 bits per heavy atom. The largest absolute Gasteiger partial charge is 0.334 e. The van der Waals surface area contributed by atoms with Gasteiger partial charge in [0.2, 0.25) is 0 Å². The van der Waals surface area contributed by atoms with Gasteiger partial charge in [-0.2, -0.15) is 0 Å². The first-order valence-corrected chi connectivity index (χ1v) is 8.79. The predicted molar refractivity (Wildman–Crippen MR) is 98.6 cm³/mol. The van der Waals surface area contributed by atoms with E-state index in [0.29, 0.717) is 24.1 Å². The number of H-pyrrole nitrogens is 1. The molecule has 0 bridgehead atoms. The summed E-state index contributed by atoms with van der Waals surface area (Å²) in [5.74, 6) is -0.599. The number of rotatable bonds is 3. The van der Waals surface area contributed by atoms with E-state index in [9.17, 15) is 13.6 Å². The first kappa shape index (κ1) is 17.6. The van der Waals surface area contributed by atoms with Crippen LogP contribution in [0.15, 0.2) is 42.5 Å². The molecule has 1 aliphatic heterocycles. The molecule has 2 aromatic carbocycles. The number of imidazole rings is 1. The number of nitrogens with zero attached hydrogens (tertiary/aromatic N) is 3. The minimum absolute atomic E-state index is 0.0753. The highest BCUT2D eigenvalue weighted by atomic mass is 19.1. The molecule has 2 heterocycles. The third kappa shape index (κ3) is 3.30. The number of aromatic amines is 1. The molecule has 1 aliphatic rings. The zero-order valence-electron chi connectivity index (χ0n) is 15.1. The molecule has 140 valence electrons. The van der Waals surface area contributed by atoms with Gasteiger partial charge in [-0.3, -0.25) is 4.79 Å². The molecule has 1 N–H and O–H groups in total. The molecule has 27 heavy (non-hydrogen) atoms. The summed E-state index contributed by atoms with van der Waals surface area (Å²) in [6.45, 7) is 1.05. The number of benzene rings is 2. The van der Waals surface area contributed by atoms with E-state index in [1.165, 1.54) is 24.3 Å². The van der Waals surface area contributed by atoms with Crippen LogP contribution in [0.1, 0.15) is 22.1 Å². The van der Waals surface area contributed by atoms with E-state index in [0.717, 1.165) is 5.56 Å². The lowest BCUT2D eigenvalue weighted by Crippen LogP contribution is -2.36. The van der Waals surface area contributed by atoms with Crippen LogP contribution >= 0.6 is 0 Å². The molecule has 0 radical (unpaired) electrons. The Labute approximate surface area is 155 Å². The molecule has 7 heteroatoms. The lowest BCUT2D eigenvalue weighted by Gasteiger charge is -2.25. The molecule has 2 atom stereocenters. The summed E-state index contributed by atoms with van der Waals surface area (Å²) < 4.78 is 26.7. The molecule has 0 aliphatic carbocycles. The Balaban J connectivity index is 1.61. The number of carbonyl (C=O) groups excluding carboxylic acids is 1. The van der Waals surface area contributed by atoms with Gasteiger partial charge in [0.1, 0.15) is 11.6 Å². The van der Waals surface area contributed by atoms with Crippen molar-refractivity contribution in [3.8, 4) is 0 Å². The third-order valence-corrected chi connectivity index (χ3v) is 5.18. The fourth-order valence-electron chi connectivity index (χ4n) is 3.75. The lowest BCUT2D eigenvalue weighted by molar-refractivity contribution is 0.0772. The fraction of sp³-hybridized carbons (Fsp3) is 0.300. The van der Waals surface area contributed by atoms with Crippen LogP contribution in [0.5, 0.6) is 0 Å². The average molecular weight is 370 g/mol. The Morgan fingerprint density at radius 2 is 1.81 bits per heavy atom. The monoisotopic (exact) mass is 370 g/mol. The molecule has 0 spiro atoms. The predicted octanol–water partition coefficient (Wildman–Crippen LogP) is 3.01. The van der Waals surface area contributed by atoms with Crippen LogP contribution in [0.25, 0.3) is 11.0 Å². The van der Waals surface area contributed by atoms with E-state index in [1.54, 1.807) is 23.1 Å². The van der Waals surface area contributed by atoms with Gasteiger partial charge in [-0.1, -0.05) is 12.1 Å². The maximum atomic E-state index is 13.4. The summed E-state index contributed by atoms with van der Waals surface area (Å²) in [7, 11) is 3.94. The lowest BCUT2D eigenvalue weighted by atomic mass is 9.94. The topological polar surface area (TPSA) is 52.2 Å². The van der Waals surface area contributed by atoms with Crippen LogP contribution in [-0.2, 0) is 0 Å². The molecular weight excluding hydrogens is 350 g/mol. The second kappa shape index (κ2) is 6.74. The molecule has 1 amide bonds. The van der Waals surface area contributed by atoms with Crippen molar-refractivity contribution in [3.05, 3.63) is 65.5 Å². The normalized spacial score (nSPS) is 20.0. The number of fused-ring (bicyclic) bond motifs is 1. The molecule has 1 fully saturated rings. The van der Waals surface area contributed by atoms with Gasteiger partial charge in [-0.05, 0) is 50.0 Å². The van der Waals surface area contributed by atoms with Crippen molar-refractivity contribution in [1.29, 1.82) is 0 Å². The number of hydrogen-bond donors (Lipinski definition) is 1. The average Bonchev–Trinajstić information content (AvgIpc) is 3.25. The Morgan fingerprint density at radius 3 is 2.52 bits per heavy atom. The van der Waals surface area contributed by atoms with Crippen LogP contribution in [-0.4, -0.2) is 58.9 Å². The quantitative estimate of drug-likeness (QED) is 0.771. The maximum Gasteiger partial charge on any atom is 0.289 e. The first-order chi connectivity index (χ1) is 12.9. The molecule has 0 unspecified atom stereocenters. The van der Waals surface area contributed by atoms with Gasteiger partial charge in [0.15, 0.2) is 5.82 Å². The summed E-state index contributed by atoms with van der Waals surface area (Å²) in [6.07, 6.45) is 0. The van der Waals surface area contributed by atoms with Crippen LogP contribution in [0.3, 0.4) is 0 Å². The number of halogens is 2. The van der Waals surface area contributed by atoms with E-state index in [-0.39, 0.29) is 35.3 Å². The zero-order valence-corrected chi connectivity index (χ0v) is 15.1. The van der Waals surface area contributed by atoms with Gasteiger partial charge in [-0.15, -0.1) is 0 Å². The van der Waals surface area contributed by atoms with E-state index in [2.05, 4.69) is 14.9 Å². The summed E-state index contributed by atoms with van der Waals surface area (Å²) in [4.78, 5) is 24.0. The molecule has 1 saturated heterocycles.